The Kier molecular flexibility index (Phi) is 3.46. The minimum atomic E-state index is -1.80. The molecule has 0 fully saturated rings. The molecule has 0 bridgehead atoms. The first-order chi connectivity index (χ1) is 15.7. The Morgan fingerprint density at radius 1 is 0.688 bits per heavy atom. The van der Waals surface area contributed by atoms with Crippen molar-refractivity contribution in [2.45, 2.75) is 13.1 Å². The van der Waals surface area contributed by atoms with Crippen molar-refractivity contribution in [3.05, 3.63) is 97.2 Å². The molecule has 0 amide bonds. The van der Waals surface area contributed by atoms with E-state index in [4.69, 9.17) is 4.98 Å². The van der Waals surface area contributed by atoms with E-state index in [1.807, 2.05) is 6.20 Å². The van der Waals surface area contributed by atoms with Crippen LogP contribution in [0.25, 0.3) is 33.2 Å². The lowest BCUT2D eigenvalue weighted by atomic mass is 9.97. The van der Waals surface area contributed by atoms with Crippen LogP contribution in [0.15, 0.2) is 97.2 Å². The summed E-state index contributed by atoms with van der Waals surface area (Å²) in [6.45, 7) is 4.95. The van der Waals surface area contributed by atoms with Gasteiger partial charge in [-0.2, -0.15) is 0 Å². The van der Waals surface area contributed by atoms with E-state index in [0.717, 1.165) is 5.69 Å². The number of benzene rings is 4. The van der Waals surface area contributed by atoms with E-state index in [-0.39, 0.29) is 0 Å². The van der Waals surface area contributed by atoms with E-state index in [0.29, 0.717) is 0 Å². The van der Waals surface area contributed by atoms with Gasteiger partial charge in [-0.25, -0.2) is 0 Å². The van der Waals surface area contributed by atoms with E-state index >= 15 is 0 Å². The quantitative estimate of drug-likeness (QED) is 0.279. The minimum Gasteiger partial charge on any atom is -0.309 e. The van der Waals surface area contributed by atoms with E-state index in [2.05, 4.69) is 109 Å². The third-order valence-electron chi connectivity index (χ3n) is 7.22. The van der Waals surface area contributed by atoms with Gasteiger partial charge in [0.15, 0.2) is 0 Å². The third-order valence-corrected chi connectivity index (χ3v) is 10.8. The van der Waals surface area contributed by atoms with Gasteiger partial charge >= 0.3 is 0 Å². The minimum absolute atomic E-state index is 1.12. The van der Waals surface area contributed by atoms with Gasteiger partial charge in [0.25, 0.3) is 0 Å². The molecule has 0 spiro atoms. The molecule has 2 aliphatic heterocycles. The number of rotatable bonds is 1. The van der Waals surface area contributed by atoms with Crippen molar-refractivity contribution in [1.82, 2.24) is 4.98 Å². The average Bonchev–Trinajstić information content (AvgIpc) is 2.99. The largest absolute Gasteiger partial charge is 0.309 e. The van der Waals surface area contributed by atoms with Gasteiger partial charge in [-0.05, 0) is 40.0 Å². The molecule has 0 radical (unpaired) electrons. The maximum Gasteiger partial charge on any atom is 0.114 e. The summed E-state index contributed by atoms with van der Waals surface area (Å²) in [6, 6.07) is 33.2. The fraction of sp³-hybridized carbons (Fsp3) is 0.0690. The summed E-state index contributed by atoms with van der Waals surface area (Å²) in [5.41, 5.74) is 8.72. The van der Waals surface area contributed by atoms with Gasteiger partial charge in [-0.3, -0.25) is 4.98 Å². The van der Waals surface area contributed by atoms with Crippen LogP contribution in [0.4, 0.5) is 17.1 Å². The molecule has 3 heteroatoms. The zero-order valence-electron chi connectivity index (χ0n) is 18.1. The Morgan fingerprint density at radius 2 is 1.47 bits per heavy atom. The Morgan fingerprint density at radius 3 is 2.34 bits per heavy atom. The van der Waals surface area contributed by atoms with Gasteiger partial charge in [-0.15, -0.1) is 0 Å². The normalized spacial score (nSPS) is 14.8. The number of para-hydroxylation sites is 1. The molecular formula is C29H22N2Si. The predicted molar refractivity (Wildman–Crippen MR) is 138 cm³/mol. The zero-order chi connectivity index (χ0) is 21.4. The number of nitrogens with zero attached hydrogens (tertiary/aromatic N) is 2. The summed E-state index contributed by atoms with van der Waals surface area (Å²) < 4.78 is 0. The second kappa shape index (κ2) is 6.18. The van der Waals surface area contributed by atoms with Gasteiger partial charge in [-0.1, -0.05) is 79.8 Å². The lowest BCUT2D eigenvalue weighted by Gasteiger charge is -2.29. The number of anilines is 3. The highest BCUT2D eigenvalue weighted by Crippen LogP contribution is 2.53. The lowest BCUT2D eigenvalue weighted by Crippen LogP contribution is -2.49. The summed E-state index contributed by atoms with van der Waals surface area (Å²) in [7, 11) is -1.80. The molecule has 0 unspecified atom stereocenters. The summed E-state index contributed by atoms with van der Waals surface area (Å²) in [6.07, 6.45) is 2.02. The van der Waals surface area contributed by atoms with E-state index in [1.54, 1.807) is 0 Å². The zero-order valence-corrected chi connectivity index (χ0v) is 19.1. The number of pyridine rings is 1. The van der Waals surface area contributed by atoms with E-state index in [1.165, 1.54) is 54.9 Å². The molecule has 0 atom stereocenters. The molecule has 4 aromatic carbocycles. The highest BCUT2D eigenvalue weighted by molar-refractivity contribution is 7.04. The van der Waals surface area contributed by atoms with Crippen molar-refractivity contribution >= 4 is 46.3 Å². The predicted octanol–water partition coefficient (Wildman–Crippen LogP) is 6.49. The molecule has 152 valence electrons. The monoisotopic (exact) mass is 426 g/mol. The molecule has 3 heterocycles. The van der Waals surface area contributed by atoms with Gasteiger partial charge < -0.3 is 4.90 Å². The second-order valence-corrected chi connectivity index (χ2v) is 13.6. The number of aromatic nitrogens is 1. The molecule has 0 N–H and O–H groups in total. The van der Waals surface area contributed by atoms with Crippen LogP contribution >= 0.6 is 0 Å². The summed E-state index contributed by atoms with van der Waals surface area (Å²) in [5.74, 6) is 0. The number of fused-ring (bicyclic) bond motifs is 4. The Hall–Kier alpha value is -3.69. The fourth-order valence-corrected chi connectivity index (χ4v) is 8.79. The van der Waals surface area contributed by atoms with Crippen molar-refractivity contribution < 1.29 is 0 Å². The molecule has 32 heavy (non-hydrogen) atoms. The number of hydrogen-bond donors (Lipinski definition) is 0. The first-order valence-corrected chi connectivity index (χ1v) is 14.2. The fourth-order valence-electron chi connectivity index (χ4n) is 5.75. The first kappa shape index (κ1) is 17.9. The van der Waals surface area contributed by atoms with Crippen LogP contribution in [0, 0.1) is 0 Å². The molecular weight excluding hydrogens is 404 g/mol. The van der Waals surface area contributed by atoms with Crippen LogP contribution in [0.1, 0.15) is 0 Å². The molecule has 0 saturated carbocycles. The van der Waals surface area contributed by atoms with Crippen LogP contribution in [0.2, 0.25) is 13.1 Å². The maximum atomic E-state index is 5.01. The smallest absolute Gasteiger partial charge is 0.114 e. The van der Waals surface area contributed by atoms with Crippen molar-refractivity contribution in [3.8, 4) is 22.4 Å². The van der Waals surface area contributed by atoms with Crippen LogP contribution in [-0.4, -0.2) is 13.1 Å². The van der Waals surface area contributed by atoms with Gasteiger partial charge in [0.2, 0.25) is 0 Å². The van der Waals surface area contributed by atoms with Crippen molar-refractivity contribution in [2.75, 3.05) is 4.90 Å². The maximum absolute atomic E-state index is 5.01. The summed E-state index contributed by atoms with van der Waals surface area (Å²) in [4.78, 5) is 7.48. The van der Waals surface area contributed by atoms with Crippen molar-refractivity contribution in [2.24, 2.45) is 0 Å². The molecule has 2 nitrogen and oxygen atoms in total. The van der Waals surface area contributed by atoms with Gasteiger partial charge in [0.1, 0.15) is 8.07 Å². The summed E-state index contributed by atoms with van der Waals surface area (Å²) in [5, 5.41) is 5.51. The summed E-state index contributed by atoms with van der Waals surface area (Å²) >= 11 is 0. The van der Waals surface area contributed by atoms with Crippen LogP contribution in [-0.2, 0) is 0 Å². The van der Waals surface area contributed by atoms with Crippen molar-refractivity contribution in [1.29, 1.82) is 0 Å². The third kappa shape index (κ3) is 2.16. The molecule has 0 saturated heterocycles. The Bertz CT molecular complexity index is 1550. The molecule has 2 aliphatic rings. The molecule has 0 aliphatic carbocycles. The average molecular weight is 427 g/mol. The molecule has 1 aromatic heterocycles. The Balaban J connectivity index is 1.74. The van der Waals surface area contributed by atoms with E-state index < -0.39 is 8.07 Å². The lowest BCUT2D eigenvalue weighted by molar-refractivity contribution is 1.30. The second-order valence-electron chi connectivity index (χ2n) is 9.26. The van der Waals surface area contributed by atoms with Crippen LogP contribution in [0.3, 0.4) is 0 Å². The highest BCUT2D eigenvalue weighted by atomic mass is 28.3. The van der Waals surface area contributed by atoms with E-state index in [9.17, 15) is 0 Å². The van der Waals surface area contributed by atoms with Gasteiger partial charge in [0.05, 0.1) is 17.1 Å². The van der Waals surface area contributed by atoms with Crippen LogP contribution in [0.5, 0.6) is 0 Å². The van der Waals surface area contributed by atoms with Crippen LogP contribution < -0.4 is 15.3 Å². The SMILES string of the molecule is C[Si]1(C)c2cccc3c2-c2c1ccnc2-c1ccc2ccccc2c1N3c1ccccc1. The molecule has 7 rings (SSSR count). The highest BCUT2D eigenvalue weighted by Gasteiger charge is 2.43. The molecule has 5 aromatic rings. The standard InChI is InChI=1S/C29H22N2Si/c1-32(2)24-14-8-13-23-26(24)27-25(32)17-18-30-28(27)22-16-15-19-9-6-7-12-21(19)29(22)31(23)20-10-4-3-5-11-20/h3-18H,1-2H3. The first-order valence-electron chi connectivity index (χ1n) is 11.2. The van der Waals surface area contributed by atoms with Gasteiger partial charge in [0, 0.05) is 34.0 Å². The number of hydrogen-bond acceptors (Lipinski definition) is 2. The topological polar surface area (TPSA) is 16.1 Å². The van der Waals surface area contributed by atoms with Crippen molar-refractivity contribution in [3.63, 3.8) is 0 Å². The Labute approximate surface area is 188 Å².